The van der Waals surface area contributed by atoms with Crippen molar-refractivity contribution in [2.75, 3.05) is 18.4 Å². The third kappa shape index (κ3) is 6.86. The molecule has 0 unspecified atom stereocenters. The van der Waals surface area contributed by atoms with Crippen LogP contribution >= 0.6 is 0 Å². The van der Waals surface area contributed by atoms with Crippen LogP contribution in [0.2, 0.25) is 0 Å². The monoisotopic (exact) mass is 437 g/mol. The second kappa shape index (κ2) is 9.57. The van der Waals surface area contributed by atoms with Crippen LogP contribution in [0.5, 0.6) is 5.75 Å². The molecule has 9 heteroatoms. The number of anilines is 1. The van der Waals surface area contributed by atoms with E-state index in [0.717, 1.165) is 12.0 Å². The molecule has 0 bridgehead atoms. The zero-order valence-electron chi connectivity index (χ0n) is 17.2. The molecule has 1 amide bonds. The van der Waals surface area contributed by atoms with Gasteiger partial charge in [0.2, 0.25) is 0 Å². The van der Waals surface area contributed by atoms with E-state index in [0.29, 0.717) is 37.2 Å². The summed E-state index contributed by atoms with van der Waals surface area (Å²) >= 11 is 0. The molecule has 0 spiro atoms. The number of alkyl halides is 3. The Morgan fingerprint density at radius 1 is 1.13 bits per heavy atom. The molecular formula is C22H26F3N3O3. The minimum Gasteiger partial charge on any atom is -0.428 e. The Balaban J connectivity index is 1.52. The number of halogens is 3. The first-order valence-electron chi connectivity index (χ1n) is 10.1. The van der Waals surface area contributed by atoms with Crippen LogP contribution in [0.25, 0.3) is 0 Å². The molecule has 1 aliphatic rings. The average Bonchev–Trinajstić information content (AvgIpc) is 2.70. The molecule has 0 radical (unpaired) electrons. The van der Waals surface area contributed by atoms with Gasteiger partial charge in [0.25, 0.3) is 0 Å². The lowest BCUT2D eigenvalue weighted by atomic mass is 10.0. The normalized spacial score (nSPS) is 16.5. The predicted molar refractivity (Wildman–Crippen MR) is 110 cm³/mol. The molecule has 3 N–H and O–H groups in total. The first kappa shape index (κ1) is 22.9. The highest BCUT2D eigenvalue weighted by atomic mass is 19.4. The minimum atomic E-state index is -4.75. The van der Waals surface area contributed by atoms with Crippen molar-refractivity contribution in [3.8, 4) is 5.75 Å². The Hall–Kier alpha value is -2.78. The molecule has 0 saturated carbocycles. The lowest BCUT2D eigenvalue weighted by molar-refractivity contribution is -0.275. The highest BCUT2D eigenvalue weighted by Gasteiger charge is 2.35. The number of nitrogens with two attached hydrogens (primary N) is 1. The summed E-state index contributed by atoms with van der Waals surface area (Å²) in [5, 5.41) is 2.67. The van der Waals surface area contributed by atoms with Gasteiger partial charge < -0.3 is 9.47 Å². The van der Waals surface area contributed by atoms with Crippen molar-refractivity contribution in [3.05, 3.63) is 59.7 Å². The van der Waals surface area contributed by atoms with Gasteiger partial charge in [-0.3, -0.25) is 16.0 Å². The molecule has 1 saturated heterocycles. The van der Waals surface area contributed by atoms with E-state index in [2.05, 4.69) is 10.1 Å². The number of piperidine rings is 1. The standard InChI is InChI=1S/C22H26F3N3O3/c1-2-16-7-9-18(10-8-16)27-20(29)31-21(26)11-13-28(14-12-21)15-17-5-3-4-6-19(17)30-22(23,24)25/h3-10H,2,11-15,26H2,1H3,(H,27,29). The van der Waals surface area contributed by atoms with Gasteiger partial charge in [0.1, 0.15) is 5.75 Å². The van der Waals surface area contributed by atoms with E-state index in [1.54, 1.807) is 24.3 Å². The number of rotatable bonds is 6. The number of aryl methyl sites for hydroxylation is 1. The Kier molecular flexibility index (Phi) is 7.07. The first-order valence-corrected chi connectivity index (χ1v) is 10.1. The summed E-state index contributed by atoms with van der Waals surface area (Å²) in [6.45, 7) is 3.26. The molecule has 0 aliphatic carbocycles. The zero-order chi connectivity index (χ0) is 22.5. The van der Waals surface area contributed by atoms with Crippen LogP contribution in [0.15, 0.2) is 48.5 Å². The van der Waals surface area contributed by atoms with Gasteiger partial charge in [-0.1, -0.05) is 37.3 Å². The Labute approximate surface area is 179 Å². The zero-order valence-corrected chi connectivity index (χ0v) is 17.2. The van der Waals surface area contributed by atoms with Crippen molar-refractivity contribution in [2.45, 2.75) is 44.8 Å². The first-order chi connectivity index (χ1) is 14.7. The van der Waals surface area contributed by atoms with Crippen LogP contribution in [0.3, 0.4) is 0 Å². The quantitative estimate of drug-likeness (QED) is 0.644. The van der Waals surface area contributed by atoms with Crippen LogP contribution in [0.1, 0.15) is 30.9 Å². The lowest BCUT2D eigenvalue weighted by Gasteiger charge is -2.38. The summed E-state index contributed by atoms with van der Waals surface area (Å²) in [5.74, 6) is -0.218. The van der Waals surface area contributed by atoms with Crippen LogP contribution in [0, 0.1) is 0 Å². The number of carbonyl (C=O) groups excluding carboxylic acids is 1. The second-order valence-electron chi connectivity index (χ2n) is 7.56. The molecule has 168 valence electrons. The molecule has 31 heavy (non-hydrogen) atoms. The van der Waals surface area contributed by atoms with Gasteiger partial charge in [0, 0.05) is 43.7 Å². The maximum atomic E-state index is 12.6. The Bertz CT molecular complexity index is 880. The third-order valence-corrected chi connectivity index (χ3v) is 5.20. The van der Waals surface area contributed by atoms with Crippen LogP contribution in [0.4, 0.5) is 23.7 Å². The second-order valence-corrected chi connectivity index (χ2v) is 7.56. The van der Waals surface area contributed by atoms with Crippen molar-refractivity contribution in [2.24, 2.45) is 5.73 Å². The van der Waals surface area contributed by atoms with E-state index >= 15 is 0 Å². The minimum absolute atomic E-state index is 0.218. The third-order valence-electron chi connectivity index (χ3n) is 5.20. The molecule has 3 rings (SSSR count). The SMILES string of the molecule is CCc1ccc(NC(=O)OC2(N)CCN(Cc3ccccc3OC(F)(F)F)CC2)cc1. The fraction of sp³-hybridized carbons (Fsp3) is 0.409. The summed E-state index contributed by atoms with van der Waals surface area (Å²) in [4.78, 5) is 14.2. The van der Waals surface area contributed by atoms with Crippen molar-refractivity contribution in [1.82, 2.24) is 4.90 Å². The Morgan fingerprint density at radius 2 is 1.77 bits per heavy atom. The van der Waals surface area contributed by atoms with Crippen molar-refractivity contribution in [3.63, 3.8) is 0 Å². The molecule has 1 fully saturated rings. The van der Waals surface area contributed by atoms with E-state index < -0.39 is 18.2 Å². The molecule has 2 aromatic carbocycles. The van der Waals surface area contributed by atoms with E-state index in [1.165, 1.54) is 12.1 Å². The average molecular weight is 437 g/mol. The van der Waals surface area contributed by atoms with Gasteiger partial charge in [-0.25, -0.2) is 4.79 Å². The number of benzene rings is 2. The number of carbonyl (C=O) groups is 1. The summed E-state index contributed by atoms with van der Waals surface area (Å²) < 4.78 is 47.4. The molecule has 1 heterocycles. The van der Waals surface area contributed by atoms with E-state index in [4.69, 9.17) is 10.5 Å². The van der Waals surface area contributed by atoms with Crippen LogP contribution in [-0.2, 0) is 17.7 Å². The maximum Gasteiger partial charge on any atom is 0.573 e. The van der Waals surface area contributed by atoms with Crippen LogP contribution in [-0.4, -0.2) is 36.2 Å². The van der Waals surface area contributed by atoms with E-state index in [1.807, 2.05) is 24.0 Å². The Morgan fingerprint density at radius 3 is 2.39 bits per heavy atom. The van der Waals surface area contributed by atoms with Gasteiger partial charge in [-0.05, 0) is 30.2 Å². The molecule has 0 aromatic heterocycles. The molecule has 1 aliphatic heterocycles. The van der Waals surface area contributed by atoms with Gasteiger partial charge in [0.15, 0.2) is 5.72 Å². The number of nitrogens with zero attached hydrogens (tertiary/aromatic N) is 1. The number of nitrogens with one attached hydrogen (secondary N) is 1. The van der Waals surface area contributed by atoms with Crippen molar-refractivity contribution >= 4 is 11.8 Å². The number of para-hydroxylation sites is 1. The number of hydrogen-bond donors (Lipinski definition) is 2. The summed E-state index contributed by atoms with van der Waals surface area (Å²) in [7, 11) is 0. The fourth-order valence-electron chi connectivity index (χ4n) is 3.44. The molecule has 2 aromatic rings. The maximum absolute atomic E-state index is 12.6. The lowest BCUT2D eigenvalue weighted by Crippen LogP contribution is -2.53. The smallest absolute Gasteiger partial charge is 0.428 e. The summed E-state index contributed by atoms with van der Waals surface area (Å²) in [6, 6.07) is 13.5. The van der Waals surface area contributed by atoms with Crippen molar-refractivity contribution < 1.29 is 27.4 Å². The van der Waals surface area contributed by atoms with Gasteiger partial charge in [-0.15, -0.1) is 13.2 Å². The fourth-order valence-corrected chi connectivity index (χ4v) is 3.44. The van der Waals surface area contributed by atoms with Gasteiger partial charge >= 0.3 is 12.5 Å². The number of likely N-dealkylation sites (tertiary alicyclic amines) is 1. The summed E-state index contributed by atoms with van der Waals surface area (Å²) in [6.07, 6.45) is -3.76. The van der Waals surface area contributed by atoms with Gasteiger partial charge in [-0.2, -0.15) is 0 Å². The molecule has 0 atom stereocenters. The highest BCUT2D eigenvalue weighted by Crippen LogP contribution is 2.29. The number of amides is 1. The molecular weight excluding hydrogens is 411 g/mol. The van der Waals surface area contributed by atoms with Crippen LogP contribution < -0.4 is 15.8 Å². The van der Waals surface area contributed by atoms with Crippen molar-refractivity contribution in [1.29, 1.82) is 0 Å². The predicted octanol–water partition coefficient (Wildman–Crippen LogP) is 4.65. The number of hydrogen-bond acceptors (Lipinski definition) is 5. The van der Waals surface area contributed by atoms with E-state index in [-0.39, 0.29) is 12.3 Å². The molecule has 6 nitrogen and oxygen atoms in total. The summed E-state index contributed by atoms with van der Waals surface area (Å²) in [5.41, 5.74) is 7.31. The number of ether oxygens (including phenoxy) is 2. The topological polar surface area (TPSA) is 76.8 Å². The highest BCUT2D eigenvalue weighted by molar-refractivity contribution is 5.84. The van der Waals surface area contributed by atoms with E-state index in [9.17, 15) is 18.0 Å². The van der Waals surface area contributed by atoms with Gasteiger partial charge in [0.05, 0.1) is 0 Å². The largest absolute Gasteiger partial charge is 0.573 e.